The highest BCUT2D eigenvalue weighted by Gasteiger charge is 2.48. The van der Waals surface area contributed by atoms with Gasteiger partial charge >= 0.3 is 0 Å². The van der Waals surface area contributed by atoms with Gasteiger partial charge in [0.05, 0.1) is 4.88 Å². The van der Waals surface area contributed by atoms with Gasteiger partial charge in [-0.25, -0.2) is 0 Å². The third kappa shape index (κ3) is 3.10. The molecule has 4 aliphatic rings. The number of amides is 1. The van der Waals surface area contributed by atoms with Crippen LogP contribution in [0.5, 0.6) is 0 Å². The van der Waals surface area contributed by atoms with Gasteiger partial charge in [-0.1, -0.05) is 12.1 Å². The highest BCUT2D eigenvalue weighted by atomic mass is 35.5. The van der Waals surface area contributed by atoms with Crippen molar-refractivity contribution in [2.75, 3.05) is 13.1 Å². The molecule has 3 saturated heterocycles. The molecule has 2 bridgehead atoms. The van der Waals surface area contributed by atoms with Crippen molar-refractivity contribution in [1.29, 1.82) is 0 Å². The molecule has 0 radical (unpaired) electrons. The van der Waals surface area contributed by atoms with E-state index < -0.39 is 0 Å². The first-order chi connectivity index (χ1) is 12.4. The number of hydrogen-bond acceptors (Lipinski definition) is 3. The Bertz CT molecular complexity index is 878. The molecule has 6 rings (SSSR count). The van der Waals surface area contributed by atoms with Crippen LogP contribution in [0.3, 0.4) is 0 Å². The monoisotopic (exact) mass is 404 g/mol. The van der Waals surface area contributed by atoms with E-state index in [1.807, 2.05) is 0 Å². The minimum Gasteiger partial charge on any atom is -0.346 e. The smallest absolute Gasteiger partial charge is 0.261 e. The Morgan fingerprint density at radius 3 is 2.52 bits per heavy atom. The minimum absolute atomic E-state index is 0. The van der Waals surface area contributed by atoms with Gasteiger partial charge in [-0.05, 0) is 94.0 Å². The molecule has 3 nitrogen and oxygen atoms in total. The van der Waals surface area contributed by atoms with Crippen LogP contribution >= 0.6 is 23.7 Å². The molecule has 27 heavy (non-hydrogen) atoms. The number of rotatable bonds is 3. The molecule has 5 heteroatoms. The fourth-order valence-corrected chi connectivity index (χ4v) is 6.54. The van der Waals surface area contributed by atoms with Crippen LogP contribution in [-0.4, -0.2) is 35.5 Å². The number of benzene rings is 1. The van der Waals surface area contributed by atoms with E-state index in [2.05, 4.69) is 49.2 Å². The van der Waals surface area contributed by atoms with E-state index in [-0.39, 0.29) is 29.9 Å². The lowest BCUT2D eigenvalue weighted by atomic mass is 9.72. The second-order valence-electron chi connectivity index (χ2n) is 9.03. The molecule has 146 valence electrons. The number of nitrogens with zero attached hydrogens (tertiary/aromatic N) is 1. The third-order valence-electron chi connectivity index (χ3n) is 7.03. The predicted molar refractivity (Wildman–Crippen MR) is 115 cm³/mol. The summed E-state index contributed by atoms with van der Waals surface area (Å²) in [5.41, 5.74) is 2.94. The van der Waals surface area contributed by atoms with Crippen molar-refractivity contribution in [2.24, 2.45) is 5.92 Å². The Labute approximate surface area is 171 Å². The van der Waals surface area contributed by atoms with Gasteiger partial charge in [0.25, 0.3) is 5.91 Å². The molecule has 0 spiro atoms. The standard InChI is InChI=1S/C22H28N2OS.ClH/c1-13-4-5-16-12-17(26-19(16)18(13)14-6-7-14)21(25)23-20-15-8-10-24(11-9-15)22(20,2)3;/h4-5,12,14-15,20H,6-11H2,1-3H3,(H,23,25);1H/t20-;/m1./s1. The summed E-state index contributed by atoms with van der Waals surface area (Å²) >= 11 is 1.70. The van der Waals surface area contributed by atoms with E-state index >= 15 is 0 Å². The Balaban J connectivity index is 0.00000180. The summed E-state index contributed by atoms with van der Waals surface area (Å²) < 4.78 is 1.34. The van der Waals surface area contributed by atoms with E-state index in [0.717, 1.165) is 4.88 Å². The third-order valence-corrected chi connectivity index (χ3v) is 8.21. The van der Waals surface area contributed by atoms with Crippen LogP contribution in [0.4, 0.5) is 0 Å². The molecular weight excluding hydrogens is 376 g/mol. The lowest BCUT2D eigenvalue weighted by Crippen LogP contribution is -2.69. The minimum atomic E-state index is 0. The topological polar surface area (TPSA) is 32.3 Å². The Hall–Kier alpha value is -1.10. The van der Waals surface area contributed by atoms with E-state index in [4.69, 9.17) is 0 Å². The highest BCUT2D eigenvalue weighted by molar-refractivity contribution is 7.21. The molecule has 1 aliphatic carbocycles. The fourth-order valence-electron chi connectivity index (χ4n) is 5.30. The Morgan fingerprint density at radius 2 is 1.89 bits per heavy atom. The maximum Gasteiger partial charge on any atom is 0.261 e. The lowest BCUT2D eigenvalue weighted by Gasteiger charge is -2.56. The lowest BCUT2D eigenvalue weighted by molar-refractivity contribution is -0.0377. The van der Waals surface area contributed by atoms with Gasteiger partial charge in [-0.15, -0.1) is 23.7 Å². The quantitative estimate of drug-likeness (QED) is 0.770. The Morgan fingerprint density at radius 1 is 1.19 bits per heavy atom. The van der Waals surface area contributed by atoms with Gasteiger partial charge < -0.3 is 5.32 Å². The van der Waals surface area contributed by atoms with Crippen LogP contribution in [0.25, 0.3) is 10.1 Å². The first kappa shape index (κ1) is 19.2. The first-order valence-corrected chi connectivity index (χ1v) is 10.9. The molecule has 3 aliphatic heterocycles. The van der Waals surface area contributed by atoms with Gasteiger partial charge in [0, 0.05) is 16.3 Å². The van der Waals surface area contributed by atoms with Crippen molar-refractivity contribution >= 4 is 39.7 Å². The summed E-state index contributed by atoms with van der Waals surface area (Å²) in [4.78, 5) is 16.5. The molecule has 2 aromatic rings. The van der Waals surface area contributed by atoms with Gasteiger partial charge in [0.15, 0.2) is 0 Å². The number of hydrogen-bond donors (Lipinski definition) is 1. The first-order valence-electron chi connectivity index (χ1n) is 10.0. The summed E-state index contributed by atoms with van der Waals surface area (Å²) in [6.07, 6.45) is 5.03. The number of fused-ring (bicyclic) bond motifs is 4. The maximum absolute atomic E-state index is 13.1. The summed E-state index contributed by atoms with van der Waals surface area (Å²) in [5, 5.41) is 4.66. The van der Waals surface area contributed by atoms with Crippen molar-refractivity contribution < 1.29 is 4.79 Å². The zero-order chi connectivity index (χ0) is 18.1. The zero-order valence-electron chi connectivity index (χ0n) is 16.4. The molecule has 1 saturated carbocycles. The number of thiophene rings is 1. The summed E-state index contributed by atoms with van der Waals surface area (Å²) in [7, 11) is 0. The van der Waals surface area contributed by atoms with Crippen molar-refractivity contribution in [1.82, 2.24) is 10.2 Å². The van der Waals surface area contributed by atoms with Crippen molar-refractivity contribution in [3.05, 3.63) is 34.2 Å². The summed E-state index contributed by atoms with van der Waals surface area (Å²) in [6, 6.07) is 6.77. The summed E-state index contributed by atoms with van der Waals surface area (Å²) in [6.45, 7) is 9.15. The van der Waals surface area contributed by atoms with Crippen LogP contribution in [0.2, 0.25) is 0 Å². The van der Waals surface area contributed by atoms with E-state index in [1.54, 1.807) is 11.3 Å². The molecule has 4 heterocycles. The molecule has 0 unspecified atom stereocenters. The molecule has 1 atom stereocenters. The highest BCUT2D eigenvalue weighted by Crippen LogP contribution is 2.47. The molecule has 1 N–H and O–H groups in total. The number of aryl methyl sites for hydroxylation is 1. The number of carbonyl (C=O) groups excluding carboxylic acids is 1. The van der Waals surface area contributed by atoms with Crippen LogP contribution in [0.15, 0.2) is 18.2 Å². The van der Waals surface area contributed by atoms with E-state index in [0.29, 0.717) is 11.8 Å². The Kier molecular flexibility index (Phi) is 4.81. The van der Waals surface area contributed by atoms with Crippen LogP contribution in [0.1, 0.15) is 66.2 Å². The SMILES string of the molecule is Cc1ccc2cc(C(=O)N[C@@H]3C4CCN(CC4)C3(C)C)sc2c1C1CC1.Cl. The number of nitrogens with one attached hydrogen (secondary N) is 1. The zero-order valence-corrected chi connectivity index (χ0v) is 18.0. The van der Waals surface area contributed by atoms with Gasteiger partial charge in [-0.3, -0.25) is 9.69 Å². The predicted octanol–water partition coefficient (Wildman–Crippen LogP) is 5.11. The van der Waals surface area contributed by atoms with Crippen LogP contribution in [-0.2, 0) is 0 Å². The van der Waals surface area contributed by atoms with Crippen molar-refractivity contribution in [2.45, 2.75) is 64.0 Å². The molecular formula is C22H29ClN2OS. The van der Waals surface area contributed by atoms with Crippen LogP contribution in [0, 0.1) is 12.8 Å². The fraction of sp³-hybridized carbons (Fsp3) is 0.591. The molecule has 1 amide bonds. The maximum atomic E-state index is 13.1. The molecule has 4 fully saturated rings. The second-order valence-corrected chi connectivity index (χ2v) is 10.1. The second kappa shape index (κ2) is 6.75. The van der Waals surface area contributed by atoms with Gasteiger partial charge in [0.1, 0.15) is 0 Å². The van der Waals surface area contributed by atoms with Gasteiger partial charge in [0.2, 0.25) is 0 Å². The normalized spacial score (nSPS) is 28.8. The number of piperidine rings is 3. The summed E-state index contributed by atoms with van der Waals surface area (Å²) in [5.74, 6) is 1.46. The van der Waals surface area contributed by atoms with Crippen LogP contribution < -0.4 is 5.32 Å². The number of halogens is 1. The van der Waals surface area contributed by atoms with Crippen molar-refractivity contribution in [3.8, 4) is 0 Å². The largest absolute Gasteiger partial charge is 0.346 e. The molecule has 1 aromatic heterocycles. The average Bonchev–Trinajstić information content (AvgIpc) is 3.35. The van der Waals surface area contributed by atoms with E-state index in [9.17, 15) is 4.79 Å². The van der Waals surface area contributed by atoms with Gasteiger partial charge in [-0.2, -0.15) is 0 Å². The average molecular weight is 405 g/mol. The number of carbonyl (C=O) groups is 1. The van der Waals surface area contributed by atoms with Crippen molar-refractivity contribution in [3.63, 3.8) is 0 Å². The van der Waals surface area contributed by atoms with E-state index in [1.165, 1.54) is 60.0 Å². The molecule has 1 aromatic carbocycles.